The lowest BCUT2D eigenvalue weighted by Crippen LogP contribution is -2.47. The van der Waals surface area contributed by atoms with E-state index in [9.17, 15) is 0 Å². The highest BCUT2D eigenvalue weighted by atomic mass is 28.4. The Morgan fingerprint density at radius 1 is 0.733 bits per heavy atom. The molecule has 0 saturated carbocycles. The first-order valence-electron chi connectivity index (χ1n) is 18.2. The van der Waals surface area contributed by atoms with Gasteiger partial charge >= 0.3 is 0 Å². The first-order chi connectivity index (χ1) is 20.3. The molecule has 0 heterocycles. The zero-order chi connectivity index (χ0) is 35.4. The van der Waals surface area contributed by atoms with Gasteiger partial charge in [-0.2, -0.15) is 5.10 Å². The molecule has 45 heavy (non-hydrogen) atoms. The van der Waals surface area contributed by atoms with Crippen molar-refractivity contribution < 1.29 is 8.85 Å². The van der Waals surface area contributed by atoms with Crippen LogP contribution in [0.4, 0.5) is 0 Å². The minimum Gasteiger partial charge on any atom is -0.414 e. The second-order valence-corrected chi connectivity index (χ2v) is 27.4. The minimum absolute atomic E-state index is 0.199. The zero-order valence-corrected chi connectivity index (χ0v) is 35.7. The van der Waals surface area contributed by atoms with Crippen LogP contribution in [0.25, 0.3) is 0 Å². The summed E-state index contributed by atoms with van der Waals surface area (Å²) in [5.41, 5.74) is 2.72. The Kier molecular flexibility index (Phi) is 19.0. The summed E-state index contributed by atoms with van der Waals surface area (Å²) in [5, 5.41) is 7.43. The molecule has 0 saturated heterocycles. The second-order valence-electron chi connectivity index (χ2n) is 17.9. The molecule has 0 bridgehead atoms. The van der Waals surface area contributed by atoms with E-state index in [4.69, 9.17) is 14.0 Å². The Bertz CT molecular complexity index is 907. The van der Waals surface area contributed by atoms with Crippen LogP contribution >= 0.6 is 0 Å². The summed E-state index contributed by atoms with van der Waals surface area (Å²) >= 11 is 0. The van der Waals surface area contributed by atoms with E-state index in [1.165, 1.54) is 17.7 Å². The monoisotopic (exact) mass is 665 g/mol. The summed E-state index contributed by atoms with van der Waals surface area (Å²) in [4.78, 5) is 0. The van der Waals surface area contributed by atoms with Crippen molar-refractivity contribution in [2.75, 3.05) is 14.1 Å². The number of hydrogen-bond acceptors (Lipinski definition) is 4. The molecule has 0 rings (SSSR count). The molecule has 6 heteroatoms. The number of rotatable bonds is 21. The van der Waals surface area contributed by atoms with Crippen molar-refractivity contribution >= 4 is 22.3 Å². The van der Waals surface area contributed by atoms with Gasteiger partial charge in [0, 0.05) is 25.9 Å². The maximum absolute atomic E-state index is 7.20. The molecule has 0 aliphatic rings. The lowest BCUT2D eigenvalue weighted by Gasteiger charge is -2.43. The van der Waals surface area contributed by atoms with Crippen molar-refractivity contribution in [2.24, 2.45) is 28.8 Å². The van der Waals surface area contributed by atoms with E-state index in [-0.39, 0.29) is 22.3 Å². The Hall–Kier alpha value is -0.696. The summed E-state index contributed by atoms with van der Waals surface area (Å²) in [5.74, 6) is 1.98. The third-order valence-corrected chi connectivity index (χ3v) is 19.8. The van der Waals surface area contributed by atoms with Gasteiger partial charge in [0.05, 0.1) is 6.10 Å². The smallest absolute Gasteiger partial charge is 0.192 e. The molecule has 0 amide bonds. The van der Waals surface area contributed by atoms with Crippen LogP contribution in [0.2, 0.25) is 36.3 Å². The van der Waals surface area contributed by atoms with E-state index in [1.807, 2.05) is 5.01 Å². The Labute approximate surface area is 285 Å². The van der Waals surface area contributed by atoms with E-state index < -0.39 is 16.6 Å². The minimum atomic E-state index is -1.90. The SMILES string of the molecule is C=C[C@@H](C)CC[C@H](O[Si](C)(C)C(C)(C)C)[C@H](C)CC/C(CC[C@H](C)[C@@H](O[Si](C)(C)C(C)(C)C)[C@H](C)CCC=C(C)C)=N/N(C)C. The average molecular weight is 665 g/mol. The molecule has 0 N–H and O–H groups in total. The first-order valence-corrected chi connectivity index (χ1v) is 24.0. The highest BCUT2D eigenvalue weighted by molar-refractivity contribution is 6.74. The normalized spacial score (nSPS) is 17.7. The van der Waals surface area contributed by atoms with Crippen molar-refractivity contribution in [3.8, 4) is 0 Å². The molecule has 0 aliphatic carbocycles. The number of hydrazone groups is 1. The highest BCUT2D eigenvalue weighted by Gasteiger charge is 2.42. The fourth-order valence-electron chi connectivity index (χ4n) is 5.32. The van der Waals surface area contributed by atoms with Crippen LogP contribution in [-0.2, 0) is 8.85 Å². The van der Waals surface area contributed by atoms with Crippen LogP contribution in [0.15, 0.2) is 29.4 Å². The fraction of sp³-hybridized carbons (Fsp3) is 0.872. The van der Waals surface area contributed by atoms with E-state index in [0.29, 0.717) is 23.7 Å². The van der Waals surface area contributed by atoms with Crippen molar-refractivity contribution in [3.63, 3.8) is 0 Å². The van der Waals surface area contributed by atoms with E-state index in [1.54, 1.807) is 0 Å². The van der Waals surface area contributed by atoms with Gasteiger partial charge in [0.2, 0.25) is 0 Å². The zero-order valence-electron chi connectivity index (χ0n) is 33.7. The van der Waals surface area contributed by atoms with Crippen LogP contribution in [0.3, 0.4) is 0 Å². The molecule has 0 fully saturated rings. The van der Waals surface area contributed by atoms with Gasteiger partial charge in [-0.3, -0.25) is 0 Å². The maximum atomic E-state index is 7.20. The van der Waals surface area contributed by atoms with Crippen molar-refractivity contribution in [2.45, 2.75) is 183 Å². The van der Waals surface area contributed by atoms with Crippen LogP contribution < -0.4 is 0 Å². The predicted molar refractivity (Wildman–Crippen MR) is 208 cm³/mol. The Morgan fingerprint density at radius 3 is 1.64 bits per heavy atom. The molecular weight excluding hydrogens is 585 g/mol. The molecule has 0 aromatic rings. The largest absolute Gasteiger partial charge is 0.414 e. The summed E-state index contributed by atoms with van der Waals surface area (Å²) in [6.45, 7) is 41.7. The Morgan fingerprint density at radius 2 is 1.20 bits per heavy atom. The van der Waals surface area contributed by atoms with E-state index in [0.717, 1.165) is 44.9 Å². The van der Waals surface area contributed by atoms with Crippen molar-refractivity contribution in [3.05, 3.63) is 24.3 Å². The third kappa shape index (κ3) is 16.8. The van der Waals surface area contributed by atoms with Crippen LogP contribution in [0.5, 0.6) is 0 Å². The van der Waals surface area contributed by atoms with Gasteiger partial charge in [0.25, 0.3) is 0 Å². The molecule has 4 nitrogen and oxygen atoms in total. The Balaban J connectivity index is 5.85. The van der Waals surface area contributed by atoms with Gasteiger partial charge in [-0.05, 0) is 125 Å². The van der Waals surface area contributed by atoms with Crippen LogP contribution in [0, 0.1) is 23.7 Å². The average Bonchev–Trinajstić information content (AvgIpc) is 2.88. The van der Waals surface area contributed by atoms with Crippen LogP contribution in [0.1, 0.15) is 134 Å². The molecule has 0 aromatic heterocycles. The van der Waals surface area contributed by atoms with E-state index >= 15 is 0 Å². The lowest BCUT2D eigenvalue weighted by molar-refractivity contribution is 0.0685. The van der Waals surface area contributed by atoms with Gasteiger partial charge in [-0.1, -0.05) is 87.0 Å². The van der Waals surface area contributed by atoms with Gasteiger partial charge in [0.1, 0.15) is 0 Å². The molecule has 0 radical (unpaired) electrons. The summed E-state index contributed by atoms with van der Waals surface area (Å²) in [6.07, 6.45) is 13.8. The molecule has 0 spiro atoms. The quantitative estimate of drug-likeness (QED) is 0.0530. The number of hydrogen-bond donors (Lipinski definition) is 0. The van der Waals surface area contributed by atoms with E-state index in [2.05, 4.69) is 142 Å². The van der Waals surface area contributed by atoms with Crippen molar-refractivity contribution in [1.82, 2.24) is 5.01 Å². The number of nitrogens with zero attached hydrogens (tertiary/aromatic N) is 2. The maximum Gasteiger partial charge on any atom is 0.192 e. The highest BCUT2D eigenvalue weighted by Crippen LogP contribution is 2.41. The van der Waals surface area contributed by atoms with Gasteiger partial charge < -0.3 is 13.9 Å². The lowest BCUT2D eigenvalue weighted by atomic mass is 9.86. The molecule has 6 atom stereocenters. The van der Waals surface area contributed by atoms with Crippen molar-refractivity contribution in [1.29, 1.82) is 0 Å². The topological polar surface area (TPSA) is 34.1 Å². The molecule has 266 valence electrons. The van der Waals surface area contributed by atoms with Crippen LogP contribution in [-0.4, -0.2) is 53.7 Å². The second kappa shape index (κ2) is 19.3. The molecule has 0 aliphatic heterocycles. The summed E-state index contributed by atoms with van der Waals surface area (Å²) < 4.78 is 14.3. The molecular formula is C39H80N2O2Si2. The van der Waals surface area contributed by atoms with Gasteiger partial charge in [0.15, 0.2) is 16.6 Å². The third-order valence-electron chi connectivity index (χ3n) is 10.8. The standard InChI is InChI=1S/C39H80N2O2Si2/c1-20-31(4)24-29-36(42-44(16,17)38(8,9)10)32(5)25-27-35(40-41(14)15)28-26-34(7)37(33(6)23-21-22-30(2)3)43-45(18,19)39(11,12)13/h20,22,31-34,36-37H,1,21,23-29H2,2-19H3/b40-35-/t31-,32-,33-,34+,36+,37+/m1/s1. The fourth-order valence-corrected chi connectivity index (χ4v) is 8.27. The summed E-state index contributed by atoms with van der Waals surface area (Å²) in [6, 6.07) is 0. The molecule has 0 unspecified atom stereocenters. The summed E-state index contributed by atoms with van der Waals surface area (Å²) in [7, 11) is 0.335. The number of allylic oxidation sites excluding steroid dienone is 3. The van der Waals surface area contributed by atoms with Gasteiger partial charge in [-0.25, -0.2) is 0 Å². The first kappa shape index (κ1) is 44.3. The molecule has 0 aromatic carbocycles. The van der Waals surface area contributed by atoms with Gasteiger partial charge in [-0.15, -0.1) is 6.58 Å². The predicted octanol–water partition coefficient (Wildman–Crippen LogP) is 12.5.